The van der Waals surface area contributed by atoms with E-state index in [4.69, 9.17) is 0 Å². The quantitative estimate of drug-likeness (QED) is 0.750. The Morgan fingerprint density at radius 1 is 1.17 bits per heavy atom. The molecule has 0 unspecified atom stereocenters. The second kappa shape index (κ2) is 8.46. The van der Waals surface area contributed by atoms with Gasteiger partial charge in [-0.1, -0.05) is 69.7 Å². The molecule has 0 radical (unpaired) electrons. The molecule has 1 N–H and O–H groups in total. The molecule has 2 aromatic rings. The fraction of sp³-hybridized carbons (Fsp3) is 0.526. The van der Waals surface area contributed by atoms with E-state index >= 15 is 0 Å². The van der Waals surface area contributed by atoms with Gasteiger partial charge in [0, 0.05) is 11.4 Å². The molecule has 0 fully saturated rings. The second-order valence-electron chi connectivity index (χ2n) is 6.31. The van der Waals surface area contributed by atoms with E-state index in [0.717, 1.165) is 35.8 Å². The lowest BCUT2D eigenvalue weighted by Crippen LogP contribution is -2.23. The number of H-pyrrole nitrogens is 1. The molecule has 0 saturated carbocycles. The first-order chi connectivity index (χ1) is 11.0. The fourth-order valence-electron chi connectivity index (χ4n) is 2.67. The van der Waals surface area contributed by atoms with Gasteiger partial charge in [-0.25, -0.2) is 0 Å². The van der Waals surface area contributed by atoms with Crippen molar-refractivity contribution in [3.8, 4) is 11.3 Å². The Kier molecular flexibility index (Phi) is 6.60. The molecule has 0 amide bonds. The van der Waals surface area contributed by atoms with Crippen molar-refractivity contribution in [3.05, 3.63) is 44.4 Å². The number of benzene rings is 1. The second-order valence-corrected chi connectivity index (χ2v) is 7.38. The summed E-state index contributed by atoms with van der Waals surface area (Å²) in [4.78, 5) is 18.5. The highest BCUT2D eigenvalue weighted by molar-refractivity contribution is 7.09. The Labute approximate surface area is 143 Å². The van der Waals surface area contributed by atoms with Gasteiger partial charge in [-0.05, 0) is 36.6 Å². The van der Waals surface area contributed by atoms with Crippen LogP contribution in [-0.4, -0.2) is 23.0 Å². The molecule has 0 aliphatic heterocycles. The third-order valence-electron chi connectivity index (χ3n) is 4.23. The SMILES string of the molecule is CCCCN(CC)Cc1sc(=O)[nH]c1-c1ccc(C(C)C)cc1. The van der Waals surface area contributed by atoms with E-state index in [2.05, 4.69) is 61.8 Å². The van der Waals surface area contributed by atoms with Crippen molar-refractivity contribution < 1.29 is 0 Å². The lowest BCUT2D eigenvalue weighted by molar-refractivity contribution is 0.278. The minimum absolute atomic E-state index is 0.0366. The minimum Gasteiger partial charge on any atom is -0.312 e. The maximum Gasteiger partial charge on any atom is 0.305 e. The van der Waals surface area contributed by atoms with Gasteiger partial charge in [0.25, 0.3) is 0 Å². The van der Waals surface area contributed by atoms with Crippen molar-refractivity contribution >= 4 is 11.3 Å². The van der Waals surface area contributed by atoms with E-state index in [9.17, 15) is 4.79 Å². The number of rotatable bonds is 8. The maximum atomic E-state index is 11.9. The number of nitrogens with one attached hydrogen (secondary N) is 1. The standard InChI is InChI=1S/C19H28N2OS/c1-5-7-12-21(6-2)13-17-18(20-19(22)23-17)16-10-8-15(9-11-16)14(3)4/h8-11,14H,5-7,12-13H2,1-4H3,(H,20,22). The minimum atomic E-state index is 0.0366. The maximum absolute atomic E-state index is 11.9. The summed E-state index contributed by atoms with van der Waals surface area (Å²) >= 11 is 1.34. The molecular formula is C19H28N2OS. The number of hydrogen-bond donors (Lipinski definition) is 1. The van der Waals surface area contributed by atoms with Gasteiger partial charge in [0.2, 0.25) is 0 Å². The van der Waals surface area contributed by atoms with Gasteiger partial charge in [0.05, 0.1) is 5.69 Å². The molecule has 2 rings (SSSR count). The van der Waals surface area contributed by atoms with Crippen molar-refractivity contribution in [1.82, 2.24) is 9.88 Å². The summed E-state index contributed by atoms with van der Waals surface area (Å²) in [6.07, 6.45) is 2.40. The van der Waals surface area contributed by atoms with Gasteiger partial charge in [0.15, 0.2) is 0 Å². The highest BCUT2D eigenvalue weighted by Crippen LogP contribution is 2.26. The van der Waals surface area contributed by atoms with Gasteiger partial charge in [0.1, 0.15) is 0 Å². The molecule has 4 heteroatoms. The first kappa shape index (κ1) is 18.0. The normalized spacial score (nSPS) is 11.6. The van der Waals surface area contributed by atoms with Gasteiger partial charge in [-0.2, -0.15) is 0 Å². The zero-order valence-corrected chi connectivity index (χ0v) is 15.5. The van der Waals surface area contributed by atoms with Crippen LogP contribution in [0, 0.1) is 0 Å². The van der Waals surface area contributed by atoms with Crippen molar-refractivity contribution in [3.63, 3.8) is 0 Å². The molecule has 0 aliphatic rings. The Balaban J connectivity index is 2.24. The molecule has 0 bridgehead atoms. The fourth-order valence-corrected chi connectivity index (χ4v) is 3.57. The highest BCUT2D eigenvalue weighted by Gasteiger charge is 2.13. The summed E-state index contributed by atoms with van der Waals surface area (Å²) in [5, 5.41) is 0. The predicted octanol–water partition coefficient (Wildman–Crippen LogP) is 4.85. The summed E-state index contributed by atoms with van der Waals surface area (Å²) in [5.74, 6) is 0.523. The number of aromatic nitrogens is 1. The van der Waals surface area contributed by atoms with Crippen molar-refractivity contribution in [1.29, 1.82) is 0 Å². The van der Waals surface area contributed by atoms with E-state index in [-0.39, 0.29) is 4.87 Å². The smallest absolute Gasteiger partial charge is 0.305 e. The van der Waals surface area contributed by atoms with E-state index in [1.165, 1.54) is 29.7 Å². The van der Waals surface area contributed by atoms with E-state index in [1.807, 2.05) is 0 Å². The van der Waals surface area contributed by atoms with Crippen LogP contribution in [0.3, 0.4) is 0 Å². The van der Waals surface area contributed by atoms with Crippen LogP contribution in [0.4, 0.5) is 0 Å². The van der Waals surface area contributed by atoms with Crippen LogP contribution in [0.25, 0.3) is 11.3 Å². The highest BCUT2D eigenvalue weighted by atomic mass is 32.1. The molecular weight excluding hydrogens is 304 g/mol. The van der Waals surface area contributed by atoms with Crippen LogP contribution in [-0.2, 0) is 6.54 Å². The van der Waals surface area contributed by atoms with Crippen LogP contribution in [0.1, 0.15) is 56.9 Å². The van der Waals surface area contributed by atoms with Gasteiger partial charge < -0.3 is 4.98 Å². The van der Waals surface area contributed by atoms with Crippen LogP contribution in [0.2, 0.25) is 0 Å². The molecule has 0 saturated heterocycles. The largest absolute Gasteiger partial charge is 0.312 e. The lowest BCUT2D eigenvalue weighted by Gasteiger charge is -2.19. The third-order valence-corrected chi connectivity index (χ3v) is 5.10. The first-order valence-corrected chi connectivity index (χ1v) is 9.41. The first-order valence-electron chi connectivity index (χ1n) is 8.59. The molecule has 0 aliphatic carbocycles. The molecule has 0 atom stereocenters. The molecule has 1 heterocycles. The van der Waals surface area contributed by atoms with Crippen LogP contribution < -0.4 is 4.87 Å². The Morgan fingerprint density at radius 3 is 2.43 bits per heavy atom. The van der Waals surface area contributed by atoms with Crippen molar-refractivity contribution in [2.45, 2.75) is 53.0 Å². The van der Waals surface area contributed by atoms with E-state index in [0.29, 0.717) is 5.92 Å². The summed E-state index contributed by atoms with van der Waals surface area (Å²) in [5.41, 5.74) is 3.42. The predicted molar refractivity (Wildman–Crippen MR) is 100 cm³/mol. The van der Waals surface area contributed by atoms with Gasteiger partial charge in [-0.3, -0.25) is 9.69 Å². The Bertz CT molecular complexity index is 655. The van der Waals surface area contributed by atoms with E-state index < -0.39 is 0 Å². The topological polar surface area (TPSA) is 36.1 Å². The number of unbranched alkanes of at least 4 members (excludes halogenated alkanes) is 1. The van der Waals surface area contributed by atoms with Crippen molar-refractivity contribution in [2.24, 2.45) is 0 Å². The monoisotopic (exact) mass is 332 g/mol. The zero-order chi connectivity index (χ0) is 16.8. The van der Waals surface area contributed by atoms with Gasteiger partial charge >= 0.3 is 4.87 Å². The van der Waals surface area contributed by atoms with Crippen LogP contribution >= 0.6 is 11.3 Å². The number of hydrogen-bond acceptors (Lipinski definition) is 3. The summed E-state index contributed by atoms with van der Waals surface area (Å²) in [6.45, 7) is 11.7. The molecule has 1 aromatic heterocycles. The summed E-state index contributed by atoms with van der Waals surface area (Å²) < 4.78 is 0. The summed E-state index contributed by atoms with van der Waals surface area (Å²) in [7, 11) is 0. The van der Waals surface area contributed by atoms with Crippen LogP contribution in [0.5, 0.6) is 0 Å². The van der Waals surface area contributed by atoms with Gasteiger partial charge in [-0.15, -0.1) is 0 Å². The van der Waals surface area contributed by atoms with Crippen molar-refractivity contribution in [2.75, 3.05) is 13.1 Å². The molecule has 1 aromatic carbocycles. The number of aromatic amines is 1. The molecule has 23 heavy (non-hydrogen) atoms. The Morgan fingerprint density at radius 2 is 1.87 bits per heavy atom. The average molecular weight is 333 g/mol. The molecule has 3 nitrogen and oxygen atoms in total. The number of thiazole rings is 1. The lowest BCUT2D eigenvalue weighted by atomic mass is 10.0. The van der Waals surface area contributed by atoms with Crippen LogP contribution in [0.15, 0.2) is 29.1 Å². The van der Waals surface area contributed by atoms with E-state index in [1.54, 1.807) is 0 Å². The average Bonchev–Trinajstić information content (AvgIpc) is 2.91. The molecule has 126 valence electrons. The summed E-state index contributed by atoms with van der Waals surface area (Å²) in [6, 6.07) is 8.57. The Hall–Kier alpha value is -1.39. The number of nitrogens with zero attached hydrogens (tertiary/aromatic N) is 1. The zero-order valence-electron chi connectivity index (χ0n) is 14.7. The third kappa shape index (κ3) is 4.79. The molecule has 0 spiro atoms.